The molecule has 0 spiro atoms. The summed E-state index contributed by atoms with van der Waals surface area (Å²) >= 11 is 6.73. The Kier molecular flexibility index (Phi) is 7.11. The first-order valence-electron chi connectivity index (χ1n) is 10.3. The number of thiocarbonyl (C=S) groups is 1. The van der Waals surface area contributed by atoms with Crippen LogP contribution in [0.2, 0.25) is 0 Å². The number of methoxy groups -OCH3 is 1. The molecule has 1 aliphatic rings. The second-order valence-corrected chi connectivity index (χ2v) is 9.22. The number of ether oxygens (including phenoxy) is 2. The molecule has 168 valence electrons. The number of amides is 1. The quantitative estimate of drug-likeness (QED) is 0.301. The molecular formula is C26H22FNO3S2. The van der Waals surface area contributed by atoms with Crippen LogP contribution in [0.15, 0.2) is 71.6 Å². The largest absolute Gasteiger partial charge is 0.493 e. The molecule has 33 heavy (non-hydrogen) atoms. The van der Waals surface area contributed by atoms with Gasteiger partial charge in [0.15, 0.2) is 11.5 Å². The minimum Gasteiger partial charge on any atom is -0.493 e. The summed E-state index contributed by atoms with van der Waals surface area (Å²) in [4.78, 5) is 15.1. The summed E-state index contributed by atoms with van der Waals surface area (Å²) in [5.41, 5.74) is 3.43. The molecule has 1 aliphatic heterocycles. The van der Waals surface area contributed by atoms with Gasteiger partial charge in [-0.2, -0.15) is 0 Å². The van der Waals surface area contributed by atoms with Crippen molar-refractivity contribution in [3.8, 4) is 11.5 Å². The minimum atomic E-state index is -0.319. The maximum atomic E-state index is 13.9. The molecule has 0 unspecified atom stereocenters. The highest BCUT2D eigenvalue weighted by atomic mass is 32.2. The number of hydrogen-bond acceptors (Lipinski definition) is 5. The van der Waals surface area contributed by atoms with Crippen LogP contribution < -0.4 is 9.47 Å². The maximum absolute atomic E-state index is 13.9. The number of carbonyl (C=O) groups excluding carboxylic acids is 1. The number of rotatable bonds is 7. The monoisotopic (exact) mass is 479 g/mol. The van der Waals surface area contributed by atoms with Crippen molar-refractivity contribution >= 4 is 40.3 Å². The molecule has 0 atom stereocenters. The van der Waals surface area contributed by atoms with Gasteiger partial charge in [-0.05, 0) is 42.3 Å². The number of nitrogens with zero attached hydrogens (tertiary/aromatic N) is 1. The van der Waals surface area contributed by atoms with Gasteiger partial charge in [-0.15, -0.1) is 0 Å². The third-order valence-electron chi connectivity index (χ3n) is 5.16. The Morgan fingerprint density at radius 3 is 2.55 bits per heavy atom. The van der Waals surface area contributed by atoms with Crippen LogP contribution in [0.3, 0.4) is 0 Å². The van der Waals surface area contributed by atoms with E-state index in [2.05, 4.69) is 0 Å². The van der Waals surface area contributed by atoms with Crippen LogP contribution in [-0.4, -0.2) is 22.2 Å². The first-order valence-corrected chi connectivity index (χ1v) is 11.5. The molecule has 1 heterocycles. The Morgan fingerprint density at radius 1 is 1.06 bits per heavy atom. The van der Waals surface area contributed by atoms with E-state index in [0.29, 0.717) is 32.8 Å². The Hall–Kier alpha value is -3.16. The molecule has 1 saturated heterocycles. The van der Waals surface area contributed by atoms with Gasteiger partial charge in [-0.25, -0.2) is 4.39 Å². The number of carbonyl (C=O) groups is 1. The predicted octanol–water partition coefficient (Wildman–Crippen LogP) is 6.12. The Labute approximate surface area is 202 Å². The zero-order valence-electron chi connectivity index (χ0n) is 18.2. The number of benzene rings is 3. The molecule has 7 heteroatoms. The summed E-state index contributed by atoms with van der Waals surface area (Å²) in [7, 11) is 1.54. The predicted molar refractivity (Wildman–Crippen MR) is 134 cm³/mol. The molecule has 1 amide bonds. The van der Waals surface area contributed by atoms with Crippen molar-refractivity contribution < 1.29 is 18.7 Å². The van der Waals surface area contributed by atoms with Crippen molar-refractivity contribution in [2.75, 3.05) is 7.11 Å². The van der Waals surface area contributed by atoms with Crippen molar-refractivity contribution in [3.63, 3.8) is 0 Å². The minimum absolute atomic E-state index is 0.0834. The van der Waals surface area contributed by atoms with Gasteiger partial charge in [0, 0.05) is 5.56 Å². The van der Waals surface area contributed by atoms with E-state index in [1.807, 2.05) is 37.3 Å². The standard InChI is InChI=1S/C26H22FNO3S2/c1-17-7-9-18(10-8-17)15-28-25(29)24(33-26(28)32)14-19-11-12-22(23(13-19)30-2)31-16-20-5-3-4-6-21(20)27/h3-14H,15-16H2,1-2H3. The Bertz CT molecular complexity index is 1220. The van der Waals surface area contributed by atoms with Gasteiger partial charge in [-0.3, -0.25) is 9.69 Å². The number of thioether (sulfide) groups is 1. The lowest BCUT2D eigenvalue weighted by Gasteiger charge is -2.14. The zero-order chi connectivity index (χ0) is 23.4. The van der Waals surface area contributed by atoms with Crippen molar-refractivity contribution in [2.45, 2.75) is 20.1 Å². The number of aryl methyl sites for hydroxylation is 1. The molecule has 0 bridgehead atoms. The normalized spacial score (nSPS) is 14.8. The lowest BCUT2D eigenvalue weighted by Crippen LogP contribution is -2.27. The highest BCUT2D eigenvalue weighted by Crippen LogP contribution is 2.35. The third-order valence-corrected chi connectivity index (χ3v) is 6.54. The van der Waals surface area contributed by atoms with Gasteiger partial charge in [0.05, 0.1) is 18.6 Å². The summed E-state index contributed by atoms with van der Waals surface area (Å²) < 4.78 is 25.6. The van der Waals surface area contributed by atoms with Crippen LogP contribution in [-0.2, 0) is 17.9 Å². The summed E-state index contributed by atoms with van der Waals surface area (Å²) in [5, 5.41) is 0. The van der Waals surface area contributed by atoms with E-state index in [1.165, 1.54) is 30.5 Å². The zero-order valence-corrected chi connectivity index (χ0v) is 19.8. The fourth-order valence-electron chi connectivity index (χ4n) is 3.33. The van der Waals surface area contributed by atoms with Gasteiger partial charge in [0.1, 0.15) is 16.7 Å². The average Bonchev–Trinajstić information content (AvgIpc) is 3.07. The number of hydrogen-bond donors (Lipinski definition) is 0. The average molecular weight is 480 g/mol. The van der Waals surface area contributed by atoms with E-state index in [1.54, 1.807) is 41.3 Å². The van der Waals surface area contributed by atoms with Crippen molar-refractivity contribution in [3.05, 3.63) is 99.7 Å². The summed E-state index contributed by atoms with van der Waals surface area (Å²) in [6.07, 6.45) is 1.79. The van der Waals surface area contributed by atoms with Crippen LogP contribution in [0.1, 0.15) is 22.3 Å². The van der Waals surface area contributed by atoms with E-state index in [0.717, 1.165) is 11.1 Å². The molecule has 0 saturated carbocycles. The smallest absolute Gasteiger partial charge is 0.266 e. The molecule has 1 fully saturated rings. The van der Waals surface area contributed by atoms with Crippen molar-refractivity contribution in [1.29, 1.82) is 0 Å². The van der Waals surface area contributed by atoms with Crippen molar-refractivity contribution in [2.24, 2.45) is 0 Å². The van der Waals surface area contributed by atoms with E-state index in [4.69, 9.17) is 21.7 Å². The van der Waals surface area contributed by atoms with Crippen LogP contribution in [0.25, 0.3) is 6.08 Å². The first-order chi connectivity index (χ1) is 15.9. The number of halogens is 1. The van der Waals surface area contributed by atoms with Gasteiger partial charge in [-0.1, -0.05) is 78.1 Å². The molecule has 4 rings (SSSR count). The fraction of sp³-hybridized carbons (Fsp3) is 0.154. The van der Waals surface area contributed by atoms with Crippen LogP contribution in [0, 0.1) is 12.7 Å². The molecule has 0 N–H and O–H groups in total. The van der Waals surface area contributed by atoms with E-state index >= 15 is 0 Å². The van der Waals surface area contributed by atoms with Crippen LogP contribution in [0.4, 0.5) is 4.39 Å². The summed E-state index contributed by atoms with van der Waals surface area (Å²) in [5.74, 6) is 0.546. The Morgan fingerprint density at radius 2 is 1.82 bits per heavy atom. The first kappa shape index (κ1) is 23.0. The second-order valence-electron chi connectivity index (χ2n) is 7.54. The third kappa shape index (κ3) is 5.43. The van der Waals surface area contributed by atoms with E-state index < -0.39 is 0 Å². The van der Waals surface area contributed by atoms with Crippen LogP contribution in [0.5, 0.6) is 11.5 Å². The molecule has 0 radical (unpaired) electrons. The molecule has 3 aromatic rings. The summed E-state index contributed by atoms with van der Waals surface area (Å²) in [6, 6.07) is 19.9. The van der Waals surface area contributed by atoms with E-state index in [9.17, 15) is 9.18 Å². The van der Waals surface area contributed by atoms with Gasteiger partial charge in [0.2, 0.25) is 0 Å². The van der Waals surface area contributed by atoms with Gasteiger partial charge >= 0.3 is 0 Å². The lowest BCUT2D eigenvalue weighted by molar-refractivity contribution is -0.122. The second kappa shape index (κ2) is 10.2. The topological polar surface area (TPSA) is 38.8 Å². The molecule has 4 nitrogen and oxygen atoms in total. The van der Waals surface area contributed by atoms with Gasteiger partial charge < -0.3 is 9.47 Å². The lowest BCUT2D eigenvalue weighted by atomic mass is 10.1. The SMILES string of the molecule is COc1cc(C=C2SC(=S)N(Cc3ccc(C)cc3)C2=O)ccc1OCc1ccccc1F. The molecule has 0 aromatic heterocycles. The van der Waals surface area contributed by atoms with Crippen molar-refractivity contribution in [1.82, 2.24) is 4.90 Å². The van der Waals surface area contributed by atoms with Gasteiger partial charge in [0.25, 0.3) is 5.91 Å². The molecule has 3 aromatic carbocycles. The van der Waals surface area contributed by atoms with E-state index in [-0.39, 0.29) is 18.3 Å². The fourth-order valence-corrected chi connectivity index (χ4v) is 4.58. The highest BCUT2D eigenvalue weighted by molar-refractivity contribution is 8.26. The van der Waals surface area contributed by atoms with Crippen LogP contribution >= 0.6 is 24.0 Å². The summed E-state index contributed by atoms with van der Waals surface area (Å²) in [6.45, 7) is 2.55. The molecule has 0 aliphatic carbocycles. The Balaban J connectivity index is 1.49. The molecular weight excluding hydrogens is 457 g/mol. The maximum Gasteiger partial charge on any atom is 0.266 e. The highest BCUT2D eigenvalue weighted by Gasteiger charge is 2.32.